The van der Waals surface area contributed by atoms with Gasteiger partial charge in [0.25, 0.3) is 0 Å². The Kier molecular flexibility index (Phi) is 4.95. The molecule has 0 bridgehead atoms. The quantitative estimate of drug-likeness (QED) is 0.693. The van der Waals surface area contributed by atoms with Crippen molar-refractivity contribution in [3.63, 3.8) is 0 Å². The molecule has 1 fully saturated rings. The first-order valence-electron chi connectivity index (χ1n) is 9.31. The number of carbonyl (C=O) groups is 1. The zero-order valence-corrected chi connectivity index (χ0v) is 16.3. The number of hydrogen-bond acceptors (Lipinski definition) is 6. The van der Waals surface area contributed by atoms with Crippen molar-refractivity contribution >= 4 is 5.91 Å². The van der Waals surface area contributed by atoms with Crippen molar-refractivity contribution in [1.29, 1.82) is 0 Å². The van der Waals surface area contributed by atoms with E-state index in [9.17, 15) is 22.4 Å². The third kappa shape index (κ3) is 3.62. The lowest BCUT2D eigenvalue weighted by Gasteiger charge is -2.30. The van der Waals surface area contributed by atoms with Crippen molar-refractivity contribution in [3.05, 3.63) is 29.4 Å². The molecule has 162 valence electrons. The highest BCUT2D eigenvalue weighted by Gasteiger charge is 2.52. The van der Waals surface area contributed by atoms with E-state index >= 15 is 0 Å². The summed E-state index contributed by atoms with van der Waals surface area (Å²) in [7, 11) is 1.53. The van der Waals surface area contributed by atoms with Crippen molar-refractivity contribution in [1.82, 2.24) is 15.0 Å². The van der Waals surface area contributed by atoms with Crippen LogP contribution in [0, 0.1) is 11.2 Å². The fraction of sp³-hybridized carbons (Fsp3) is 0.526. The molecule has 1 aliphatic carbocycles. The second kappa shape index (κ2) is 7.22. The molecule has 0 N–H and O–H groups in total. The zero-order chi connectivity index (χ0) is 21.7. The summed E-state index contributed by atoms with van der Waals surface area (Å²) >= 11 is 0. The van der Waals surface area contributed by atoms with Gasteiger partial charge in [-0.25, -0.2) is 4.39 Å². The van der Waals surface area contributed by atoms with Gasteiger partial charge in [0.2, 0.25) is 11.7 Å². The van der Waals surface area contributed by atoms with Gasteiger partial charge in [0.1, 0.15) is 18.2 Å². The van der Waals surface area contributed by atoms with Crippen LogP contribution in [0.15, 0.2) is 16.7 Å². The summed E-state index contributed by atoms with van der Waals surface area (Å²) in [6, 6.07) is 2.03. The van der Waals surface area contributed by atoms with Gasteiger partial charge in [-0.3, -0.25) is 4.79 Å². The number of halogens is 4. The Morgan fingerprint density at radius 1 is 1.37 bits per heavy atom. The Balaban J connectivity index is 1.64. The van der Waals surface area contributed by atoms with Crippen molar-refractivity contribution in [3.8, 4) is 17.1 Å². The molecule has 1 amide bonds. The molecule has 2 aromatic rings. The van der Waals surface area contributed by atoms with Crippen LogP contribution in [0.5, 0.6) is 5.75 Å². The molecular formula is C19H19F4N3O4. The number of fused-ring (bicyclic) bond motifs is 1. The second-order valence-electron chi connectivity index (χ2n) is 7.66. The molecule has 1 aromatic heterocycles. The van der Waals surface area contributed by atoms with Crippen LogP contribution in [-0.4, -0.2) is 47.3 Å². The van der Waals surface area contributed by atoms with Crippen LogP contribution in [-0.2, 0) is 22.3 Å². The molecule has 1 atom stereocenters. The van der Waals surface area contributed by atoms with Crippen LogP contribution in [0.2, 0.25) is 0 Å². The summed E-state index contributed by atoms with van der Waals surface area (Å²) in [5, 5.41) is 3.28. The molecule has 1 saturated carbocycles. The minimum Gasteiger partial charge on any atom is -0.491 e. The highest BCUT2D eigenvalue weighted by molar-refractivity contribution is 5.86. The Bertz CT molecular complexity index is 971. The number of methoxy groups -OCH3 is 1. The van der Waals surface area contributed by atoms with E-state index in [1.165, 1.54) is 13.2 Å². The van der Waals surface area contributed by atoms with Gasteiger partial charge in [0.15, 0.2) is 0 Å². The van der Waals surface area contributed by atoms with Gasteiger partial charge < -0.3 is 18.9 Å². The predicted molar refractivity (Wildman–Crippen MR) is 93.7 cm³/mol. The smallest absolute Gasteiger partial charge is 0.471 e. The Labute approximate surface area is 168 Å². The van der Waals surface area contributed by atoms with E-state index in [0.29, 0.717) is 19.4 Å². The minimum absolute atomic E-state index is 0.0176. The average Bonchev–Trinajstić information content (AvgIpc) is 3.32. The van der Waals surface area contributed by atoms with Crippen LogP contribution in [0.1, 0.15) is 31.2 Å². The van der Waals surface area contributed by atoms with Crippen LogP contribution in [0.3, 0.4) is 0 Å². The number of ether oxygens (including phenoxy) is 2. The molecule has 0 spiro atoms. The zero-order valence-electron chi connectivity index (χ0n) is 16.3. The maximum absolute atomic E-state index is 14.9. The van der Waals surface area contributed by atoms with Crippen molar-refractivity contribution in [2.24, 2.45) is 5.41 Å². The predicted octanol–water partition coefficient (Wildman–Crippen LogP) is 3.43. The first-order valence-corrected chi connectivity index (χ1v) is 9.31. The lowest BCUT2D eigenvalue weighted by Crippen LogP contribution is -2.45. The number of alkyl halides is 3. The van der Waals surface area contributed by atoms with E-state index in [1.807, 2.05) is 0 Å². The van der Waals surface area contributed by atoms with Gasteiger partial charge in [-0.1, -0.05) is 5.16 Å². The third-order valence-electron chi connectivity index (χ3n) is 5.41. The molecule has 2 aliphatic rings. The maximum Gasteiger partial charge on any atom is 0.471 e. The molecule has 0 radical (unpaired) electrons. The summed E-state index contributed by atoms with van der Waals surface area (Å²) in [4.78, 5) is 17.9. The third-order valence-corrected chi connectivity index (χ3v) is 5.41. The monoisotopic (exact) mass is 429 g/mol. The lowest BCUT2D eigenvalue weighted by atomic mass is 10.0. The van der Waals surface area contributed by atoms with Crippen molar-refractivity contribution in [2.45, 2.75) is 38.5 Å². The molecule has 2 heterocycles. The van der Waals surface area contributed by atoms with Gasteiger partial charge in [0.05, 0.1) is 24.6 Å². The van der Waals surface area contributed by atoms with E-state index in [2.05, 4.69) is 14.7 Å². The number of benzene rings is 1. The van der Waals surface area contributed by atoms with Crippen molar-refractivity contribution < 1.29 is 36.4 Å². The van der Waals surface area contributed by atoms with E-state index in [4.69, 9.17) is 9.47 Å². The summed E-state index contributed by atoms with van der Waals surface area (Å²) in [5.41, 5.74) is -0.456. The number of aromatic nitrogens is 2. The first kappa shape index (κ1) is 20.6. The summed E-state index contributed by atoms with van der Waals surface area (Å²) in [6.07, 6.45) is -3.39. The SMILES string of the molecule is COCC1(C(=O)N2Cc3c(F)cc(-c4noc(C(F)(F)F)n4)cc3OC[C@@H]2C)CC1. The lowest BCUT2D eigenvalue weighted by molar-refractivity contribution is -0.159. The summed E-state index contributed by atoms with van der Waals surface area (Å²) in [5.74, 6) is -2.65. The topological polar surface area (TPSA) is 77.7 Å². The fourth-order valence-electron chi connectivity index (χ4n) is 3.53. The molecule has 11 heteroatoms. The van der Waals surface area contributed by atoms with Crippen LogP contribution in [0.25, 0.3) is 11.4 Å². The number of rotatable bonds is 4. The molecule has 1 aromatic carbocycles. The Hall–Kier alpha value is -2.69. The number of carbonyl (C=O) groups excluding carboxylic acids is 1. The number of amides is 1. The summed E-state index contributed by atoms with van der Waals surface area (Å²) < 4.78 is 68.1. The standard InChI is InChI=1S/C19H19F4N3O4/c1-10-8-29-14-6-11(15-24-16(30-25-15)19(21,22)23)5-13(20)12(14)7-26(10)17(27)18(3-4-18)9-28-2/h5-6,10H,3-4,7-9H2,1-2H3/t10-/m0/s1. The number of hydrogen-bond donors (Lipinski definition) is 0. The largest absolute Gasteiger partial charge is 0.491 e. The Morgan fingerprint density at radius 3 is 2.70 bits per heavy atom. The molecule has 0 saturated heterocycles. The van der Waals surface area contributed by atoms with Gasteiger partial charge in [-0.05, 0) is 31.9 Å². The molecule has 1 aliphatic heterocycles. The number of nitrogens with zero attached hydrogens (tertiary/aromatic N) is 3. The fourth-order valence-corrected chi connectivity index (χ4v) is 3.53. The first-order chi connectivity index (χ1) is 14.1. The van der Waals surface area contributed by atoms with E-state index in [-0.39, 0.29) is 42.0 Å². The second-order valence-corrected chi connectivity index (χ2v) is 7.66. The molecule has 30 heavy (non-hydrogen) atoms. The molecular weight excluding hydrogens is 410 g/mol. The highest BCUT2D eigenvalue weighted by atomic mass is 19.4. The van der Waals surface area contributed by atoms with Gasteiger partial charge in [0, 0.05) is 18.2 Å². The molecule has 4 rings (SSSR count). The minimum atomic E-state index is -4.80. The van der Waals surface area contributed by atoms with E-state index < -0.39 is 29.1 Å². The maximum atomic E-state index is 14.9. The van der Waals surface area contributed by atoms with Gasteiger partial charge >= 0.3 is 12.1 Å². The highest BCUT2D eigenvalue weighted by Crippen LogP contribution is 2.48. The van der Waals surface area contributed by atoms with E-state index in [1.54, 1.807) is 11.8 Å². The van der Waals surface area contributed by atoms with Crippen LogP contribution < -0.4 is 4.74 Å². The van der Waals surface area contributed by atoms with Crippen molar-refractivity contribution in [2.75, 3.05) is 20.3 Å². The molecule has 0 unspecified atom stereocenters. The average molecular weight is 429 g/mol. The van der Waals surface area contributed by atoms with E-state index in [0.717, 1.165) is 6.07 Å². The van der Waals surface area contributed by atoms with Gasteiger partial charge in [-0.2, -0.15) is 18.2 Å². The summed E-state index contributed by atoms with van der Waals surface area (Å²) in [6.45, 7) is 2.17. The molecule has 7 nitrogen and oxygen atoms in total. The Morgan fingerprint density at radius 2 is 2.10 bits per heavy atom. The van der Waals surface area contributed by atoms with Crippen LogP contribution >= 0.6 is 0 Å². The van der Waals surface area contributed by atoms with Crippen LogP contribution in [0.4, 0.5) is 17.6 Å². The normalized spacial score (nSPS) is 20.3. The van der Waals surface area contributed by atoms with Gasteiger partial charge in [-0.15, -0.1) is 0 Å².